The number of benzene rings is 4. The van der Waals surface area contributed by atoms with Gasteiger partial charge in [-0.25, -0.2) is 23.1 Å². The molecule has 0 radical (unpaired) electrons. The van der Waals surface area contributed by atoms with Crippen molar-refractivity contribution in [1.29, 1.82) is 0 Å². The van der Waals surface area contributed by atoms with E-state index in [1.807, 2.05) is 36.4 Å². The zero-order valence-corrected chi connectivity index (χ0v) is 24.3. The molecule has 11 nitrogen and oxygen atoms in total. The number of halogens is 2. The first-order valence-corrected chi connectivity index (χ1v) is 14.1. The molecular weight excluding hydrogens is 606 g/mol. The molecule has 0 aliphatic carbocycles. The number of nitrogens with two attached hydrogens (primary N) is 1. The molecule has 13 heteroatoms. The molecule has 0 fully saturated rings. The van der Waals surface area contributed by atoms with Crippen LogP contribution in [0.3, 0.4) is 0 Å². The summed E-state index contributed by atoms with van der Waals surface area (Å²) in [5.74, 6) is -1.48. The van der Waals surface area contributed by atoms with Gasteiger partial charge in [-0.3, -0.25) is 14.4 Å². The van der Waals surface area contributed by atoms with Crippen molar-refractivity contribution < 1.29 is 18.4 Å². The Morgan fingerprint density at radius 3 is 1.87 bits per heavy atom. The van der Waals surface area contributed by atoms with E-state index in [2.05, 4.69) is 25.5 Å². The first-order chi connectivity index (χ1) is 22.8. The summed E-state index contributed by atoms with van der Waals surface area (Å²) in [6.45, 7) is 0. The average Bonchev–Trinajstić information content (AvgIpc) is 3.72. The number of para-hydroxylation sites is 2. The maximum absolute atomic E-state index is 13.1. The van der Waals surface area contributed by atoms with Gasteiger partial charge in [0.2, 0.25) is 0 Å². The van der Waals surface area contributed by atoms with Gasteiger partial charge in [0.1, 0.15) is 34.2 Å². The highest BCUT2D eigenvalue weighted by molar-refractivity contribution is 6.08. The summed E-state index contributed by atoms with van der Waals surface area (Å²) >= 11 is 0. The summed E-state index contributed by atoms with van der Waals surface area (Å²) < 4.78 is 29.1. The first-order valence-electron chi connectivity index (χ1n) is 14.1. The number of nitrogens with one attached hydrogen (secondary N) is 2. The Morgan fingerprint density at radius 2 is 1.28 bits per heavy atom. The number of anilines is 1. The number of H-pyrrole nitrogens is 1. The van der Waals surface area contributed by atoms with Gasteiger partial charge in [0.25, 0.3) is 17.4 Å². The molecule has 0 aliphatic heterocycles. The highest BCUT2D eigenvalue weighted by Crippen LogP contribution is 2.21. The van der Waals surface area contributed by atoms with Crippen molar-refractivity contribution in [3.8, 4) is 22.8 Å². The van der Waals surface area contributed by atoms with Gasteiger partial charge in [-0.1, -0.05) is 36.4 Å². The van der Waals surface area contributed by atoms with Gasteiger partial charge in [-0.05, 0) is 72.8 Å². The zero-order valence-electron chi connectivity index (χ0n) is 24.3. The number of carbonyl (C=O) groups excluding carboxylic acids is 2. The second-order valence-electron chi connectivity index (χ2n) is 10.0. The number of primary amides is 1. The number of nitrogens with zero attached hydrogens (tertiary/aromatic N) is 5. The minimum atomic E-state index is -0.716. The maximum atomic E-state index is 13.1. The van der Waals surface area contributed by atoms with Gasteiger partial charge in [-0.2, -0.15) is 10.2 Å². The summed E-state index contributed by atoms with van der Waals surface area (Å²) in [6.07, 6.45) is 2.78. The normalized spacial score (nSPS) is 10.7. The van der Waals surface area contributed by atoms with E-state index < -0.39 is 17.6 Å². The Balaban J connectivity index is 0.000000164. The molecule has 0 bridgehead atoms. The Morgan fingerprint density at radius 1 is 0.723 bits per heavy atom. The number of carbonyl (C=O) groups is 2. The SMILES string of the molecule is NC(=O)c1cnn(-c2ccccc2)c1NC(=O)c1ccc(F)cc1.O=c1[nH]c(-c2ccc(F)cc2)nc2c1cnn2-c1ccccc1. The van der Waals surface area contributed by atoms with E-state index in [9.17, 15) is 23.2 Å². The van der Waals surface area contributed by atoms with Gasteiger partial charge in [0.05, 0.1) is 23.8 Å². The molecule has 232 valence electrons. The van der Waals surface area contributed by atoms with Crippen molar-refractivity contribution >= 4 is 28.7 Å². The van der Waals surface area contributed by atoms with Gasteiger partial charge in [0.15, 0.2) is 5.65 Å². The monoisotopic (exact) mass is 630 g/mol. The molecule has 47 heavy (non-hydrogen) atoms. The highest BCUT2D eigenvalue weighted by Gasteiger charge is 2.19. The number of rotatable bonds is 6. The summed E-state index contributed by atoms with van der Waals surface area (Å²) in [6, 6.07) is 29.3. The maximum Gasteiger partial charge on any atom is 0.262 e. The van der Waals surface area contributed by atoms with Crippen LogP contribution in [0.15, 0.2) is 126 Å². The number of aromatic nitrogens is 6. The van der Waals surface area contributed by atoms with Gasteiger partial charge < -0.3 is 16.0 Å². The van der Waals surface area contributed by atoms with E-state index in [1.165, 1.54) is 53.5 Å². The van der Waals surface area contributed by atoms with E-state index >= 15 is 0 Å². The van der Waals surface area contributed by atoms with E-state index in [4.69, 9.17) is 5.73 Å². The van der Waals surface area contributed by atoms with Crippen LogP contribution < -0.4 is 16.6 Å². The lowest BCUT2D eigenvalue weighted by Gasteiger charge is -2.10. The second kappa shape index (κ2) is 13.1. The first kappa shape index (κ1) is 30.3. The average molecular weight is 631 g/mol. The Bertz CT molecular complexity index is 2250. The topological polar surface area (TPSA) is 154 Å². The van der Waals surface area contributed by atoms with Crippen molar-refractivity contribution in [2.24, 2.45) is 5.73 Å². The number of fused-ring (bicyclic) bond motifs is 1. The van der Waals surface area contributed by atoms with Crippen molar-refractivity contribution in [1.82, 2.24) is 29.5 Å². The molecule has 0 aliphatic rings. The summed E-state index contributed by atoms with van der Waals surface area (Å²) in [5, 5.41) is 11.4. The molecule has 0 spiro atoms. The summed E-state index contributed by atoms with van der Waals surface area (Å²) in [5.41, 5.74) is 7.94. The quantitative estimate of drug-likeness (QED) is 0.227. The number of amides is 2. The van der Waals surface area contributed by atoms with E-state index in [1.54, 1.807) is 41.1 Å². The minimum absolute atomic E-state index is 0.0781. The van der Waals surface area contributed by atoms with Crippen LogP contribution in [0, 0.1) is 11.6 Å². The molecule has 4 aromatic carbocycles. The Hall–Kier alpha value is -6.76. The predicted molar refractivity (Wildman–Crippen MR) is 171 cm³/mol. The van der Waals surface area contributed by atoms with Crippen molar-refractivity contribution in [2.75, 3.05) is 5.32 Å². The predicted octanol–water partition coefficient (Wildman–Crippen LogP) is 5.28. The van der Waals surface area contributed by atoms with Crippen LogP contribution in [0.4, 0.5) is 14.6 Å². The van der Waals surface area contributed by atoms with Crippen molar-refractivity contribution in [2.45, 2.75) is 0 Å². The van der Waals surface area contributed by atoms with E-state index in [0.717, 1.165) is 5.69 Å². The molecule has 2 amide bonds. The lowest BCUT2D eigenvalue weighted by atomic mass is 10.2. The van der Waals surface area contributed by atoms with Crippen LogP contribution in [0.25, 0.3) is 33.8 Å². The molecule has 0 unspecified atom stereocenters. The lowest BCUT2D eigenvalue weighted by Crippen LogP contribution is -2.19. The largest absolute Gasteiger partial charge is 0.365 e. The van der Waals surface area contributed by atoms with E-state index in [-0.39, 0.29) is 28.3 Å². The van der Waals surface area contributed by atoms with E-state index in [0.29, 0.717) is 28.1 Å². The number of hydrogen-bond donors (Lipinski definition) is 3. The molecule has 0 saturated carbocycles. The smallest absolute Gasteiger partial charge is 0.262 e. The molecular formula is C34H24F2N8O3. The molecule has 4 N–H and O–H groups in total. The number of aromatic amines is 1. The van der Waals surface area contributed by atoms with Crippen LogP contribution in [-0.4, -0.2) is 41.3 Å². The fraction of sp³-hybridized carbons (Fsp3) is 0. The molecule has 3 heterocycles. The molecule has 0 saturated heterocycles. The molecule has 0 atom stereocenters. The second-order valence-corrected chi connectivity index (χ2v) is 10.0. The third-order valence-corrected chi connectivity index (χ3v) is 6.93. The summed E-state index contributed by atoms with van der Waals surface area (Å²) in [4.78, 5) is 43.4. The lowest BCUT2D eigenvalue weighted by molar-refractivity contribution is 0.100. The molecule has 7 rings (SSSR count). The van der Waals surface area contributed by atoms with Crippen molar-refractivity contribution in [3.05, 3.63) is 155 Å². The van der Waals surface area contributed by atoms with Gasteiger partial charge in [0, 0.05) is 11.1 Å². The van der Waals surface area contributed by atoms with Crippen LogP contribution in [0.2, 0.25) is 0 Å². The fourth-order valence-electron chi connectivity index (χ4n) is 4.62. The summed E-state index contributed by atoms with van der Waals surface area (Å²) in [7, 11) is 0. The number of hydrogen-bond acceptors (Lipinski definition) is 6. The zero-order chi connectivity index (χ0) is 32.9. The third kappa shape index (κ3) is 6.54. The molecule has 3 aromatic heterocycles. The molecule has 7 aromatic rings. The highest BCUT2D eigenvalue weighted by atomic mass is 19.1. The Labute approximate surface area is 264 Å². The van der Waals surface area contributed by atoms with Crippen LogP contribution in [0.5, 0.6) is 0 Å². The van der Waals surface area contributed by atoms with Crippen LogP contribution in [0.1, 0.15) is 20.7 Å². The Kier molecular flexibility index (Phi) is 8.42. The standard InChI is InChI=1S/C17H13FN4O2.C17H11FN4O/c18-12-8-6-11(7-9-12)17(24)21-16-14(15(19)23)10-20-22(16)13-4-2-1-3-5-13;18-12-8-6-11(7-9-12)15-20-16-14(17(23)21-15)10-19-22(16)13-4-2-1-3-5-13/h1-10H,(H2,19,23)(H,21,24);1-10H,(H,20,21,23). The van der Waals surface area contributed by atoms with Gasteiger partial charge in [-0.15, -0.1) is 0 Å². The minimum Gasteiger partial charge on any atom is -0.365 e. The van der Waals surface area contributed by atoms with Crippen LogP contribution in [-0.2, 0) is 0 Å². The van der Waals surface area contributed by atoms with Gasteiger partial charge >= 0.3 is 0 Å². The third-order valence-electron chi connectivity index (χ3n) is 6.93. The van der Waals surface area contributed by atoms with Crippen LogP contribution >= 0.6 is 0 Å². The fourth-order valence-corrected chi connectivity index (χ4v) is 4.62. The van der Waals surface area contributed by atoms with Crippen molar-refractivity contribution in [3.63, 3.8) is 0 Å².